The third-order valence-corrected chi connectivity index (χ3v) is 8.10. The molecule has 5 rings (SSSR count). The number of carbonyl (C=O) groups excluding carboxylic acids is 5. The van der Waals surface area contributed by atoms with Crippen LogP contribution >= 0.6 is 11.5 Å². The van der Waals surface area contributed by atoms with E-state index >= 15 is 0 Å². The molecule has 2 aromatic heterocycles. The molecular formula is C27H32N8O6S. The van der Waals surface area contributed by atoms with Gasteiger partial charge >= 0.3 is 0 Å². The first-order valence-electron chi connectivity index (χ1n) is 13.6. The molecule has 2 fully saturated rings. The smallest absolute Gasteiger partial charge is 0.273 e. The van der Waals surface area contributed by atoms with Crippen molar-refractivity contribution < 1.29 is 28.7 Å². The molecule has 2 aliphatic rings. The van der Waals surface area contributed by atoms with Gasteiger partial charge in [-0.2, -0.15) is 9.47 Å². The maximum Gasteiger partial charge on any atom is 0.273 e. The zero-order valence-electron chi connectivity index (χ0n) is 23.5. The molecule has 0 radical (unpaired) electrons. The minimum atomic E-state index is -0.550. The van der Waals surface area contributed by atoms with Crippen LogP contribution in [0.5, 0.6) is 5.75 Å². The van der Waals surface area contributed by atoms with Crippen LogP contribution in [0.1, 0.15) is 58.5 Å². The second kappa shape index (κ2) is 11.8. The fraction of sp³-hybridized carbons (Fsp3) is 0.444. The number of anilines is 1. The quantitative estimate of drug-likeness (QED) is 0.330. The Labute approximate surface area is 245 Å². The molecule has 1 atom stereocenters. The van der Waals surface area contributed by atoms with E-state index in [-0.39, 0.29) is 59.0 Å². The monoisotopic (exact) mass is 596 g/mol. The molecule has 1 unspecified atom stereocenters. The van der Waals surface area contributed by atoms with Crippen LogP contribution in [0.25, 0.3) is 10.9 Å². The van der Waals surface area contributed by atoms with Gasteiger partial charge in [0.25, 0.3) is 17.7 Å². The third kappa shape index (κ3) is 5.64. The number of nitrogens with one attached hydrogen (secondary N) is 2. The first-order valence-corrected chi connectivity index (χ1v) is 14.4. The lowest BCUT2D eigenvalue weighted by atomic mass is 9.93. The number of aryl methyl sites for hydroxylation is 1. The summed E-state index contributed by atoms with van der Waals surface area (Å²) in [5, 5.41) is 10.3. The van der Waals surface area contributed by atoms with Crippen LogP contribution in [0.3, 0.4) is 0 Å². The van der Waals surface area contributed by atoms with E-state index in [0.29, 0.717) is 49.6 Å². The Kier molecular flexibility index (Phi) is 8.11. The number of nitrogen functional groups attached to an aromatic ring is 1. The van der Waals surface area contributed by atoms with E-state index in [1.54, 1.807) is 33.7 Å². The van der Waals surface area contributed by atoms with Gasteiger partial charge in [-0.25, -0.2) is 0 Å². The number of carbonyl (C=O) groups is 5. The van der Waals surface area contributed by atoms with E-state index in [1.165, 1.54) is 0 Å². The minimum absolute atomic E-state index is 0.0377. The predicted molar refractivity (Wildman–Crippen MR) is 153 cm³/mol. The van der Waals surface area contributed by atoms with Gasteiger partial charge in [0.15, 0.2) is 12.3 Å². The lowest BCUT2D eigenvalue weighted by Crippen LogP contribution is -2.51. The van der Waals surface area contributed by atoms with Gasteiger partial charge in [0.1, 0.15) is 16.1 Å². The summed E-state index contributed by atoms with van der Waals surface area (Å²) in [6, 6.07) is 5.24. The lowest BCUT2D eigenvalue weighted by Gasteiger charge is -2.34. The first kappa shape index (κ1) is 29.0. The largest absolute Gasteiger partial charge is 0.481 e. The number of benzene rings is 1. The van der Waals surface area contributed by atoms with Gasteiger partial charge in [0, 0.05) is 51.1 Å². The number of rotatable bonds is 7. The number of fused-ring (bicyclic) bond motifs is 1. The van der Waals surface area contributed by atoms with Gasteiger partial charge in [-0.15, -0.1) is 0 Å². The number of hydrogen-bond donors (Lipinski definition) is 3. The highest BCUT2D eigenvalue weighted by Crippen LogP contribution is 2.34. The molecule has 0 spiro atoms. The van der Waals surface area contributed by atoms with Crippen LogP contribution in [0.4, 0.5) is 5.69 Å². The SMILES string of the molecule is CC(C)NC(=O)c1nsc(C(=O)N2CCN(C(=O)COc3cccc4c(C5CCC(=O)NC5=O)nn(C)c34)CC2)c1N. The van der Waals surface area contributed by atoms with E-state index in [9.17, 15) is 24.0 Å². The van der Waals surface area contributed by atoms with Crippen LogP contribution in [-0.2, 0) is 21.4 Å². The fourth-order valence-corrected chi connectivity index (χ4v) is 5.90. The molecule has 2 saturated heterocycles. The highest BCUT2D eigenvalue weighted by Gasteiger charge is 2.33. The normalized spacial score (nSPS) is 17.5. The number of ether oxygens (including phenoxy) is 1. The molecule has 0 saturated carbocycles. The zero-order chi connectivity index (χ0) is 30.1. The summed E-state index contributed by atoms with van der Waals surface area (Å²) in [5.74, 6) is -1.77. The Balaban J connectivity index is 1.19. The van der Waals surface area contributed by atoms with E-state index < -0.39 is 11.8 Å². The van der Waals surface area contributed by atoms with Crippen LogP contribution in [0.15, 0.2) is 18.2 Å². The average Bonchev–Trinajstić information content (AvgIpc) is 3.51. The number of para-hydroxylation sites is 1. The van der Waals surface area contributed by atoms with Crippen molar-refractivity contribution in [3.05, 3.63) is 34.5 Å². The summed E-state index contributed by atoms with van der Waals surface area (Å²) < 4.78 is 11.6. The van der Waals surface area contributed by atoms with Crippen molar-refractivity contribution in [3.8, 4) is 5.75 Å². The van der Waals surface area contributed by atoms with Gasteiger partial charge in [-0.1, -0.05) is 12.1 Å². The van der Waals surface area contributed by atoms with Gasteiger partial charge in [-0.3, -0.25) is 34.0 Å². The Bertz CT molecular complexity index is 1570. The van der Waals surface area contributed by atoms with Gasteiger partial charge < -0.3 is 25.6 Å². The molecule has 15 heteroatoms. The minimum Gasteiger partial charge on any atom is -0.481 e. The topological polar surface area (TPSA) is 182 Å². The molecule has 2 aliphatic heterocycles. The molecule has 0 bridgehead atoms. The van der Waals surface area contributed by atoms with Crippen molar-refractivity contribution in [1.82, 2.24) is 34.6 Å². The summed E-state index contributed by atoms with van der Waals surface area (Å²) >= 11 is 0.887. The fourth-order valence-electron chi connectivity index (χ4n) is 5.14. The first-order chi connectivity index (χ1) is 20.0. The Morgan fingerprint density at radius 2 is 1.88 bits per heavy atom. The third-order valence-electron chi connectivity index (χ3n) is 7.25. The van der Waals surface area contributed by atoms with Crippen molar-refractivity contribution in [2.45, 2.75) is 38.6 Å². The molecule has 0 aliphatic carbocycles. The second-order valence-electron chi connectivity index (χ2n) is 10.5. The Morgan fingerprint density at radius 1 is 1.17 bits per heavy atom. The highest BCUT2D eigenvalue weighted by atomic mass is 32.1. The number of hydrogen-bond acceptors (Lipinski definition) is 10. The highest BCUT2D eigenvalue weighted by molar-refractivity contribution is 7.09. The molecule has 42 heavy (non-hydrogen) atoms. The molecule has 1 aromatic carbocycles. The van der Waals surface area contributed by atoms with Crippen LogP contribution in [0, 0.1) is 0 Å². The Morgan fingerprint density at radius 3 is 2.57 bits per heavy atom. The molecule has 3 aromatic rings. The maximum absolute atomic E-state index is 13.1. The van der Waals surface area contributed by atoms with Gasteiger partial charge in [0.2, 0.25) is 11.8 Å². The molecule has 14 nitrogen and oxygen atoms in total. The summed E-state index contributed by atoms with van der Waals surface area (Å²) in [7, 11) is 1.73. The average molecular weight is 597 g/mol. The van der Waals surface area contributed by atoms with E-state index in [1.807, 2.05) is 19.9 Å². The van der Waals surface area contributed by atoms with Crippen molar-refractivity contribution in [1.29, 1.82) is 0 Å². The number of nitrogens with zero attached hydrogens (tertiary/aromatic N) is 5. The van der Waals surface area contributed by atoms with E-state index in [0.717, 1.165) is 16.9 Å². The molecule has 222 valence electrons. The second-order valence-corrected chi connectivity index (χ2v) is 11.3. The zero-order valence-corrected chi connectivity index (χ0v) is 24.3. The van der Waals surface area contributed by atoms with E-state index in [2.05, 4.69) is 20.1 Å². The standard InChI is InChI=1S/C27H32N8O6S/c1-14(2)29-26(39)22-20(28)24(42-32-22)27(40)35-11-9-34(10-12-35)19(37)13-41-17-6-4-5-15-21(31-33(3)23(15)17)16-7-8-18(36)30-25(16)38/h4-6,14,16H,7-13,28H2,1-3H3,(H,29,39)(H,30,36,38). The lowest BCUT2D eigenvalue weighted by molar-refractivity contribution is -0.135. The molecule has 4 N–H and O–H groups in total. The number of amides is 5. The maximum atomic E-state index is 13.1. The summed E-state index contributed by atoms with van der Waals surface area (Å²) in [5.41, 5.74) is 7.38. The summed E-state index contributed by atoms with van der Waals surface area (Å²) in [6.45, 7) is 4.62. The molecule has 4 heterocycles. The van der Waals surface area contributed by atoms with Crippen LogP contribution in [0.2, 0.25) is 0 Å². The summed E-state index contributed by atoms with van der Waals surface area (Å²) in [6.07, 6.45) is 0.616. The molecular weight excluding hydrogens is 564 g/mol. The molecule has 5 amide bonds. The van der Waals surface area contributed by atoms with Crippen molar-refractivity contribution in [2.75, 3.05) is 38.5 Å². The van der Waals surface area contributed by atoms with Gasteiger partial charge in [0.05, 0.1) is 17.3 Å². The number of imide groups is 1. The van der Waals surface area contributed by atoms with Crippen LogP contribution < -0.4 is 21.1 Å². The predicted octanol–water partition coefficient (Wildman–Crippen LogP) is 0.634. The number of piperazine rings is 1. The summed E-state index contributed by atoms with van der Waals surface area (Å²) in [4.78, 5) is 65.8. The Hall–Kier alpha value is -4.53. The van der Waals surface area contributed by atoms with Crippen molar-refractivity contribution in [2.24, 2.45) is 7.05 Å². The van der Waals surface area contributed by atoms with Crippen molar-refractivity contribution >= 4 is 57.7 Å². The number of aromatic nitrogens is 3. The van der Waals surface area contributed by atoms with E-state index in [4.69, 9.17) is 10.5 Å². The number of nitrogens with two attached hydrogens (primary N) is 1. The van der Waals surface area contributed by atoms with Crippen LogP contribution in [-0.4, -0.2) is 92.3 Å². The van der Waals surface area contributed by atoms with Crippen molar-refractivity contribution in [3.63, 3.8) is 0 Å². The number of piperidine rings is 1. The van der Waals surface area contributed by atoms with Gasteiger partial charge in [-0.05, 0) is 37.9 Å².